The summed E-state index contributed by atoms with van der Waals surface area (Å²) in [5.74, 6) is 1.77. The zero-order valence-corrected chi connectivity index (χ0v) is 11.9. The molecule has 0 saturated heterocycles. The molecule has 1 aromatic rings. The average molecular weight is 287 g/mol. The lowest BCUT2D eigenvalue weighted by molar-refractivity contribution is 0.294. The topological polar surface area (TPSA) is 0 Å². The van der Waals surface area contributed by atoms with E-state index in [0.29, 0.717) is 0 Å². The Labute approximate surface area is 105 Å². The molecule has 0 bridgehead atoms. The molecule has 3 atom stereocenters. The molecule has 0 spiro atoms. The molecule has 1 aliphatic carbocycles. The van der Waals surface area contributed by atoms with Gasteiger partial charge in [-0.25, -0.2) is 0 Å². The van der Waals surface area contributed by atoms with E-state index in [4.69, 9.17) is 0 Å². The van der Waals surface area contributed by atoms with Crippen molar-refractivity contribution >= 4 is 27.3 Å². The monoisotopic (exact) mass is 286 g/mol. The molecule has 1 heterocycles. The third-order valence-electron chi connectivity index (χ3n) is 3.43. The molecule has 0 aliphatic heterocycles. The van der Waals surface area contributed by atoms with E-state index in [0.717, 1.165) is 16.7 Å². The molecule has 0 radical (unpaired) electrons. The highest BCUT2D eigenvalue weighted by atomic mass is 79.9. The van der Waals surface area contributed by atoms with Gasteiger partial charge in [-0.2, -0.15) is 0 Å². The fourth-order valence-electron chi connectivity index (χ4n) is 2.58. The van der Waals surface area contributed by atoms with Crippen molar-refractivity contribution in [3.8, 4) is 0 Å². The second kappa shape index (κ2) is 5.01. The normalized spacial score (nSPS) is 31.8. The smallest absolute Gasteiger partial charge is 0.0177 e. The Kier molecular flexibility index (Phi) is 3.89. The van der Waals surface area contributed by atoms with Crippen LogP contribution in [0.25, 0.3) is 0 Å². The first-order valence-corrected chi connectivity index (χ1v) is 7.62. The first kappa shape index (κ1) is 11.7. The Morgan fingerprint density at radius 1 is 1.47 bits per heavy atom. The van der Waals surface area contributed by atoms with Crippen LogP contribution in [0, 0.1) is 18.8 Å². The molecule has 3 unspecified atom stereocenters. The summed E-state index contributed by atoms with van der Waals surface area (Å²) in [6.07, 6.45) is 5.42. The lowest BCUT2D eigenvalue weighted by atomic mass is 9.80. The van der Waals surface area contributed by atoms with Gasteiger partial charge in [0.05, 0.1) is 0 Å². The second-order valence-corrected chi connectivity index (χ2v) is 7.26. The summed E-state index contributed by atoms with van der Waals surface area (Å²) in [4.78, 5) is 2.19. The third kappa shape index (κ3) is 3.07. The van der Waals surface area contributed by atoms with Crippen molar-refractivity contribution in [1.82, 2.24) is 0 Å². The largest absolute Gasteiger partial charge is 0.149 e. The van der Waals surface area contributed by atoms with Crippen LogP contribution in [-0.2, 0) is 6.42 Å². The van der Waals surface area contributed by atoms with Gasteiger partial charge in [-0.3, -0.25) is 0 Å². The van der Waals surface area contributed by atoms with E-state index in [-0.39, 0.29) is 0 Å². The minimum Gasteiger partial charge on any atom is -0.149 e. The van der Waals surface area contributed by atoms with E-state index in [1.165, 1.54) is 30.6 Å². The Balaban J connectivity index is 1.98. The fraction of sp³-hybridized carbons (Fsp3) is 0.692. The second-order valence-electron chi connectivity index (χ2n) is 4.96. The molecule has 1 aliphatic rings. The lowest BCUT2D eigenvalue weighted by Gasteiger charge is -2.31. The molecule has 2 rings (SSSR count). The molecule has 84 valence electrons. The van der Waals surface area contributed by atoms with Crippen molar-refractivity contribution in [1.29, 1.82) is 0 Å². The van der Waals surface area contributed by atoms with E-state index in [2.05, 4.69) is 41.2 Å². The van der Waals surface area contributed by atoms with Gasteiger partial charge in [-0.1, -0.05) is 22.9 Å². The van der Waals surface area contributed by atoms with E-state index >= 15 is 0 Å². The van der Waals surface area contributed by atoms with Crippen molar-refractivity contribution in [2.75, 3.05) is 0 Å². The van der Waals surface area contributed by atoms with Gasteiger partial charge in [0.25, 0.3) is 0 Å². The number of aryl methyl sites for hydroxylation is 1. The van der Waals surface area contributed by atoms with Crippen LogP contribution in [0.5, 0.6) is 0 Å². The first-order chi connectivity index (χ1) is 7.15. The molecule has 1 aromatic heterocycles. The number of rotatable bonds is 2. The van der Waals surface area contributed by atoms with Crippen LogP contribution in [0.1, 0.15) is 36.6 Å². The summed E-state index contributed by atoms with van der Waals surface area (Å²) < 4.78 is 0. The fourth-order valence-corrected chi connectivity index (χ4v) is 3.97. The van der Waals surface area contributed by atoms with Crippen LogP contribution in [-0.4, -0.2) is 4.83 Å². The maximum Gasteiger partial charge on any atom is 0.0177 e. The van der Waals surface area contributed by atoms with Crippen LogP contribution in [0.2, 0.25) is 0 Å². The molecule has 0 N–H and O–H groups in total. The lowest BCUT2D eigenvalue weighted by Crippen LogP contribution is -2.25. The molecular formula is C13H19BrS. The summed E-state index contributed by atoms with van der Waals surface area (Å²) >= 11 is 5.73. The van der Waals surface area contributed by atoms with Crippen molar-refractivity contribution in [3.05, 3.63) is 21.9 Å². The van der Waals surface area contributed by atoms with Crippen molar-refractivity contribution < 1.29 is 0 Å². The van der Waals surface area contributed by atoms with Crippen LogP contribution >= 0.6 is 27.3 Å². The molecule has 1 saturated carbocycles. The Morgan fingerprint density at radius 3 is 2.93 bits per heavy atom. The summed E-state index contributed by atoms with van der Waals surface area (Å²) in [7, 11) is 0. The van der Waals surface area contributed by atoms with Crippen molar-refractivity contribution in [3.63, 3.8) is 0 Å². The number of alkyl halides is 1. The van der Waals surface area contributed by atoms with Crippen LogP contribution in [0.3, 0.4) is 0 Å². The SMILES string of the molecule is Cc1cc(CC2CC(C)CCC2Br)cs1. The van der Waals surface area contributed by atoms with E-state index in [1.807, 2.05) is 11.3 Å². The van der Waals surface area contributed by atoms with Gasteiger partial charge in [0.1, 0.15) is 0 Å². The minimum absolute atomic E-state index is 0.744. The maximum absolute atomic E-state index is 3.85. The van der Waals surface area contributed by atoms with Crippen LogP contribution in [0.15, 0.2) is 11.4 Å². The van der Waals surface area contributed by atoms with Gasteiger partial charge in [0.2, 0.25) is 0 Å². The number of thiophene rings is 1. The Hall–Kier alpha value is 0.180. The predicted octanol–water partition coefficient (Wildman–Crippen LogP) is 4.80. The number of halogens is 1. The van der Waals surface area contributed by atoms with Gasteiger partial charge in [0.15, 0.2) is 0 Å². The van der Waals surface area contributed by atoms with Gasteiger partial charge in [0, 0.05) is 9.70 Å². The highest BCUT2D eigenvalue weighted by Gasteiger charge is 2.26. The molecule has 2 heteroatoms. The van der Waals surface area contributed by atoms with Gasteiger partial charge in [-0.05, 0) is 61.5 Å². The van der Waals surface area contributed by atoms with Crippen LogP contribution in [0.4, 0.5) is 0 Å². The molecular weight excluding hydrogens is 268 g/mol. The predicted molar refractivity (Wildman–Crippen MR) is 72.0 cm³/mol. The van der Waals surface area contributed by atoms with Crippen molar-refractivity contribution in [2.45, 2.75) is 44.4 Å². The molecule has 0 nitrogen and oxygen atoms in total. The summed E-state index contributed by atoms with van der Waals surface area (Å²) in [6.45, 7) is 4.59. The minimum atomic E-state index is 0.744. The molecule has 15 heavy (non-hydrogen) atoms. The van der Waals surface area contributed by atoms with Gasteiger partial charge < -0.3 is 0 Å². The zero-order valence-electron chi connectivity index (χ0n) is 9.50. The van der Waals surface area contributed by atoms with E-state index in [9.17, 15) is 0 Å². The number of hydrogen-bond acceptors (Lipinski definition) is 1. The van der Waals surface area contributed by atoms with E-state index in [1.54, 1.807) is 5.56 Å². The first-order valence-electron chi connectivity index (χ1n) is 5.83. The quantitative estimate of drug-likeness (QED) is 0.685. The van der Waals surface area contributed by atoms with E-state index < -0.39 is 0 Å². The maximum atomic E-state index is 3.85. The summed E-state index contributed by atoms with van der Waals surface area (Å²) in [5, 5.41) is 2.33. The van der Waals surface area contributed by atoms with Gasteiger partial charge >= 0.3 is 0 Å². The highest BCUT2D eigenvalue weighted by molar-refractivity contribution is 9.09. The Bertz CT molecular complexity index is 318. The summed E-state index contributed by atoms with van der Waals surface area (Å²) in [6, 6.07) is 2.35. The standard InChI is InChI=1S/C13H19BrS/c1-9-3-4-13(14)12(5-9)7-11-6-10(2)15-8-11/h6,8-9,12-13H,3-5,7H2,1-2H3. The average Bonchev–Trinajstić information content (AvgIpc) is 2.58. The molecule has 0 aromatic carbocycles. The van der Waals surface area contributed by atoms with Crippen LogP contribution < -0.4 is 0 Å². The third-order valence-corrected chi connectivity index (χ3v) is 5.55. The van der Waals surface area contributed by atoms with Gasteiger partial charge in [-0.15, -0.1) is 11.3 Å². The number of hydrogen-bond donors (Lipinski definition) is 0. The Morgan fingerprint density at radius 2 is 2.27 bits per heavy atom. The zero-order chi connectivity index (χ0) is 10.8. The highest BCUT2D eigenvalue weighted by Crippen LogP contribution is 2.36. The molecule has 1 fully saturated rings. The van der Waals surface area contributed by atoms with Crippen molar-refractivity contribution in [2.24, 2.45) is 11.8 Å². The summed E-state index contributed by atoms with van der Waals surface area (Å²) in [5.41, 5.74) is 1.54. The molecule has 0 amide bonds.